The Morgan fingerprint density at radius 1 is 1.28 bits per heavy atom. The second kappa shape index (κ2) is 5.51. The molecule has 0 atom stereocenters. The molecule has 0 aliphatic carbocycles. The summed E-state index contributed by atoms with van der Waals surface area (Å²) in [7, 11) is 1.52. The molecule has 0 aliphatic rings. The number of anilines is 1. The van der Waals surface area contributed by atoms with Crippen LogP contribution in [-0.4, -0.2) is 18.0 Å². The number of hydrogen-bond donors (Lipinski definition) is 1. The first kappa shape index (κ1) is 12.4. The van der Waals surface area contributed by atoms with E-state index in [4.69, 9.17) is 16.3 Å². The van der Waals surface area contributed by atoms with Gasteiger partial charge in [-0.25, -0.2) is 4.98 Å². The second-order valence-electron chi connectivity index (χ2n) is 3.52. The third-order valence-corrected chi connectivity index (χ3v) is 2.58. The predicted molar refractivity (Wildman–Crippen MR) is 70.2 cm³/mol. The maximum Gasteiger partial charge on any atom is 0.256 e. The molecule has 1 N–H and O–H groups in total. The summed E-state index contributed by atoms with van der Waals surface area (Å²) in [6.07, 6.45) is 1.58. The first-order chi connectivity index (χ1) is 8.70. The molecule has 92 valence electrons. The number of methoxy groups -OCH3 is 1. The molecule has 1 amide bonds. The average Bonchev–Trinajstić information content (AvgIpc) is 2.40. The molecule has 0 saturated carbocycles. The van der Waals surface area contributed by atoms with Gasteiger partial charge in [0.2, 0.25) is 0 Å². The lowest BCUT2D eigenvalue weighted by Crippen LogP contribution is -2.13. The van der Waals surface area contributed by atoms with Crippen molar-refractivity contribution in [1.82, 2.24) is 4.98 Å². The fraction of sp³-hybridized carbons (Fsp3) is 0.0769. The highest BCUT2D eigenvalue weighted by Gasteiger charge is 2.09. The van der Waals surface area contributed by atoms with Crippen molar-refractivity contribution in [2.75, 3.05) is 12.4 Å². The van der Waals surface area contributed by atoms with Crippen LogP contribution in [0.2, 0.25) is 5.02 Å². The van der Waals surface area contributed by atoms with E-state index in [0.717, 1.165) is 0 Å². The van der Waals surface area contributed by atoms with Crippen molar-refractivity contribution in [3.8, 4) is 5.75 Å². The topological polar surface area (TPSA) is 51.2 Å². The molecule has 0 aliphatic heterocycles. The first-order valence-corrected chi connectivity index (χ1v) is 5.64. The number of ether oxygens (including phenoxy) is 1. The smallest absolute Gasteiger partial charge is 0.256 e. The van der Waals surface area contributed by atoms with Gasteiger partial charge in [0.05, 0.1) is 7.11 Å². The lowest BCUT2D eigenvalue weighted by molar-refractivity contribution is 0.102. The normalized spacial score (nSPS) is 9.89. The van der Waals surface area contributed by atoms with Crippen molar-refractivity contribution in [2.24, 2.45) is 0 Å². The summed E-state index contributed by atoms with van der Waals surface area (Å²) >= 11 is 5.76. The van der Waals surface area contributed by atoms with E-state index in [1.165, 1.54) is 7.11 Å². The monoisotopic (exact) mass is 262 g/mol. The third-order valence-electron chi connectivity index (χ3n) is 2.33. The average molecular weight is 263 g/mol. The maximum atomic E-state index is 11.9. The summed E-state index contributed by atoms with van der Waals surface area (Å²) in [4.78, 5) is 16.0. The highest BCUT2D eigenvalue weighted by atomic mass is 35.5. The lowest BCUT2D eigenvalue weighted by Gasteiger charge is -2.08. The summed E-state index contributed by atoms with van der Waals surface area (Å²) in [6, 6.07) is 10.1. The number of aromatic nitrogens is 1. The fourth-order valence-corrected chi connectivity index (χ4v) is 1.56. The van der Waals surface area contributed by atoms with Crippen LogP contribution in [0.1, 0.15) is 10.4 Å². The van der Waals surface area contributed by atoms with E-state index in [9.17, 15) is 4.79 Å². The molecule has 5 heteroatoms. The lowest BCUT2D eigenvalue weighted by atomic mass is 10.2. The van der Waals surface area contributed by atoms with Gasteiger partial charge < -0.3 is 10.1 Å². The molecule has 4 nitrogen and oxygen atoms in total. The van der Waals surface area contributed by atoms with Crippen LogP contribution in [0.5, 0.6) is 5.75 Å². The number of hydrogen-bond acceptors (Lipinski definition) is 3. The molecule has 1 aromatic heterocycles. The predicted octanol–water partition coefficient (Wildman–Crippen LogP) is 3.00. The number of pyridine rings is 1. The zero-order chi connectivity index (χ0) is 13.0. The van der Waals surface area contributed by atoms with Crippen LogP contribution >= 0.6 is 11.6 Å². The van der Waals surface area contributed by atoms with Crippen LogP contribution < -0.4 is 10.1 Å². The van der Waals surface area contributed by atoms with Crippen LogP contribution in [0.4, 0.5) is 5.82 Å². The van der Waals surface area contributed by atoms with Gasteiger partial charge in [-0.15, -0.1) is 0 Å². The molecule has 0 saturated heterocycles. The van der Waals surface area contributed by atoms with Crippen molar-refractivity contribution in [2.45, 2.75) is 0 Å². The number of halogens is 1. The van der Waals surface area contributed by atoms with Gasteiger partial charge in [-0.1, -0.05) is 11.6 Å². The Hall–Kier alpha value is -2.07. The van der Waals surface area contributed by atoms with Crippen LogP contribution in [0, 0.1) is 0 Å². The minimum Gasteiger partial charge on any atom is -0.493 e. The zero-order valence-corrected chi connectivity index (χ0v) is 10.4. The quantitative estimate of drug-likeness (QED) is 0.925. The summed E-state index contributed by atoms with van der Waals surface area (Å²) in [5, 5.41) is 3.26. The van der Waals surface area contributed by atoms with Crippen molar-refractivity contribution >= 4 is 23.3 Å². The standard InChI is InChI=1S/C13H11ClN2O2/c1-18-11-3-2-8-15-12(11)16-13(17)9-4-6-10(14)7-5-9/h2-8H,1H3,(H,15,16,17). The molecule has 0 spiro atoms. The molecule has 1 aromatic carbocycles. The number of nitrogens with one attached hydrogen (secondary N) is 1. The molecule has 2 aromatic rings. The Kier molecular flexibility index (Phi) is 3.79. The van der Waals surface area contributed by atoms with Crippen LogP contribution in [0.15, 0.2) is 42.6 Å². The number of benzene rings is 1. The number of carbonyl (C=O) groups excluding carboxylic acids is 1. The number of carbonyl (C=O) groups is 1. The molecule has 1 heterocycles. The van der Waals surface area contributed by atoms with Gasteiger partial charge in [0.15, 0.2) is 11.6 Å². The van der Waals surface area contributed by atoms with E-state index in [0.29, 0.717) is 22.2 Å². The summed E-state index contributed by atoms with van der Waals surface area (Å²) in [5.41, 5.74) is 0.507. The molecule has 0 bridgehead atoms. The van der Waals surface area contributed by atoms with Crippen molar-refractivity contribution < 1.29 is 9.53 Å². The fourth-order valence-electron chi connectivity index (χ4n) is 1.43. The first-order valence-electron chi connectivity index (χ1n) is 5.26. The Bertz CT molecular complexity index is 555. The maximum absolute atomic E-state index is 11.9. The number of nitrogens with zero attached hydrogens (tertiary/aromatic N) is 1. The van der Waals surface area contributed by atoms with Crippen molar-refractivity contribution in [1.29, 1.82) is 0 Å². The minimum atomic E-state index is -0.260. The highest BCUT2D eigenvalue weighted by Crippen LogP contribution is 2.21. The van der Waals surface area contributed by atoms with E-state index in [2.05, 4.69) is 10.3 Å². The van der Waals surface area contributed by atoms with Gasteiger partial charge in [0.25, 0.3) is 5.91 Å². The summed E-state index contributed by atoms with van der Waals surface area (Å²) in [6.45, 7) is 0. The van der Waals surface area contributed by atoms with E-state index in [1.54, 1.807) is 42.6 Å². The molecule has 18 heavy (non-hydrogen) atoms. The van der Waals surface area contributed by atoms with E-state index >= 15 is 0 Å². The van der Waals surface area contributed by atoms with Gasteiger partial charge >= 0.3 is 0 Å². The van der Waals surface area contributed by atoms with Crippen molar-refractivity contribution in [3.63, 3.8) is 0 Å². The molecule has 0 radical (unpaired) electrons. The van der Waals surface area contributed by atoms with Crippen LogP contribution in [0.3, 0.4) is 0 Å². The van der Waals surface area contributed by atoms with Gasteiger partial charge in [-0.2, -0.15) is 0 Å². The van der Waals surface area contributed by atoms with Crippen LogP contribution in [-0.2, 0) is 0 Å². The van der Waals surface area contributed by atoms with E-state index < -0.39 is 0 Å². The number of rotatable bonds is 3. The molecule has 2 rings (SSSR count). The van der Waals surface area contributed by atoms with Gasteiger partial charge in [-0.3, -0.25) is 4.79 Å². The molecular weight excluding hydrogens is 252 g/mol. The minimum absolute atomic E-state index is 0.260. The summed E-state index contributed by atoms with van der Waals surface area (Å²) in [5.74, 6) is 0.642. The van der Waals surface area contributed by atoms with E-state index in [-0.39, 0.29) is 5.91 Å². The van der Waals surface area contributed by atoms with Crippen molar-refractivity contribution in [3.05, 3.63) is 53.2 Å². The van der Waals surface area contributed by atoms with Gasteiger partial charge in [0, 0.05) is 16.8 Å². The Morgan fingerprint density at radius 3 is 2.67 bits per heavy atom. The largest absolute Gasteiger partial charge is 0.493 e. The van der Waals surface area contributed by atoms with Crippen LogP contribution in [0.25, 0.3) is 0 Å². The Balaban J connectivity index is 2.18. The van der Waals surface area contributed by atoms with Gasteiger partial charge in [0.1, 0.15) is 0 Å². The third kappa shape index (κ3) is 2.78. The second-order valence-corrected chi connectivity index (χ2v) is 3.95. The summed E-state index contributed by atoms with van der Waals surface area (Å²) < 4.78 is 5.10. The zero-order valence-electron chi connectivity index (χ0n) is 9.68. The van der Waals surface area contributed by atoms with Gasteiger partial charge in [-0.05, 0) is 36.4 Å². The van der Waals surface area contributed by atoms with E-state index in [1.807, 2.05) is 0 Å². The molecule has 0 fully saturated rings. The SMILES string of the molecule is COc1cccnc1NC(=O)c1ccc(Cl)cc1. The highest BCUT2D eigenvalue weighted by molar-refractivity contribution is 6.30. The Labute approximate surface area is 110 Å². The Morgan fingerprint density at radius 2 is 2.00 bits per heavy atom. The molecular formula is C13H11ClN2O2. The number of amides is 1. The molecule has 0 unspecified atom stereocenters.